The standard InChI is InChI=1S/C15H22N4O4/c1-4-16-15(22)18-14(21)10-19(2)9-13(20)17-11-6-5-7-12(8-11)23-3/h5-8H,4,9-10H2,1-3H3,(H,17,20)(H2,16,18,21,22)/p+1. The van der Waals surface area contributed by atoms with Crippen LogP contribution in [0.3, 0.4) is 0 Å². The third-order valence-electron chi connectivity index (χ3n) is 2.87. The first kappa shape index (κ1) is 18.4. The van der Waals surface area contributed by atoms with E-state index in [4.69, 9.17) is 4.74 Å². The van der Waals surface area contributed by atoms with Crippen LogP contribution < -0.4 is 25.6 Å². The van der Waals surface area contributed by atoms with E-state index in [0.29, 0.717) is 22.9 Å². The molecule has 8 nitrogen and oxygen atoms in total. The highest BCUT2D eigenvalue weighted by Crippen LogP contribution is 2.16. The first-order valence-electron chi connectivity index (χ1n) is 7.27. The number of rotatable bonds is 7. The number of likely N-dealkylation sites (N-methyl/N-ethyl adjacent to an activating group) is 1. The summed E-state index contributed by atoms with van der Waals surface area (Å²) in [5.74, 6) is -0.0333. The maximum Gasteiger partial charge on any atom is 0.321 e. The van der Waals surface area contributed by atoms with Crippen molar-refractivity contribution in [2.24, 2.45) is 0 Å². The van der Waals surface area contributed by atoms with Gasteiger partial charge in [0, 0.05) is 18.3 Å². The van der Waals surface area contributed by atoms with Crippen molar-refractivity contribution < 1.29 is 24.0 Å². The molecule has 0 bridgehead atoms. The third-order valence-corrected chi connectivity index (χ3v) is 2.87. The molecule has 0 heterocycles. The van der Waals surface area contributed by atoms with Crippen molar-refractivity contribution in [3.05, 3.63) is 24.3 Å². The highest BCUT2D eigenvalue weighted by molar-refractivity contribution is 5.95. The van der Waals surface area contributed by atoms with Gasteiger partial charge in [-0.3, -0.25) is 14.9 Å². The molecule has 0 spiro atoms. The Morgan fingerprint density at radius 2 is 1.87 bits per heavy atom. The average Bonchev–Trinajstić information content (AvgIpc) is 2.46. The number of hydrogen-bond donors (Lipinski definition) is 4. The summed E-state index contributed by atoms with van der Waals surface area (Å²) in [6, 6.07) is 6.46. The number of quaternary nitrogens is 1. The molecule has 126 valence electrons. The van der Waals surface area contributed by atoms with Crippen molar-refractivity contribution in [1.82, 2.24) is 10.6 Å². The molecule has 0 radical (unpaired) electrons. The Balaban J connectivity index is 2.41. The van der Waals surface area contributed by atoms with Gasteiger partial charge >= 0.3 is 6.03 Å². The summed E-state index contributed by atoms with van der Waals surface area (Å²) in [7, 11) is 3.24. The van der Waals surface area contributed by atoms with Crippen LogP contribution in [-0.4, -0.2) is 51.6 Å². The summed E-state index contributed by atoms with van der Waals surface area (Å²) < 4.78 is 5.08. The van der Waals surface area contributed by atoms with E-state index in [9.17, 15) is 14.4 Å². The molecule has 1 aromatic carbocycles. The van der Waals surface area contributed by atoms with E-state index >= 15 is 0 Å². The van der Waals surface area contributed by atoms with E-state index < -0.39 is 11.9 Å². The molecule has 23 heavy (non-hydrogen) atoms. The average molecular weight is 323 g/mol. The molecule has 0 saturated carbocycles. The number of urea groups is 1. The van der Waals surface area contributed by atoms with Gasteiger partial charge in [0.15, 0.2) is 13.1 Å². The molecule has 4 N–H and O–H groups in total. The van der Waals surface area contributed by atoms with Crippen LogP contribution in [0.25, 0.3) is 0 Å². The lowest BCUT2D eigenvalue weighted by molar-refractivity contribution is -0.862. The lowest BCUT2D eigenvalue weighted by Crippen LogP contribution is -3.11. The molecule has 0 fully saturated rings. The van der Waals surface area contributed by atoms with Gasteiger partial charge in [0.1, 0.15) is 5.75 Å². The number of hydrogen-bond acceptors (Lipinski definition) is 4. The van der Waals surface area contributed by atoms with Crippen molar-refractivity contribution in [2.45, 2.75) is 6.92 Å². The molecular formula is C15H23N4O4+. The largest absolute Gasteiger partial charge is 0.497 e. The summed E-state index contributed by atoms with van der Waals surface area (Å²) in [4.78, 5) is 35.4. The van der Waals surface area contributed by atoms with Crippen molar-refractivity contribution >= 4 is 23.5 Å². The van der Waals surface area contributed by atoms with Gasteiger partial charge in [0.05, 0.1) is 14.2 Å². The topological polar surface area (TPSA) is 101 Å². The summed E-state index contributed by atoms with van der Waals surface area (Å²) in [5, 5.41) is 7.39. The van der Waals surface area contributed by atoms with E-state index in [-0.39, 0.29) is 19.0 Å². The number of carbonyl (C=O) groups excluding carboxylic acids is 3. The van der Waals surface area contributed by atoms with Gasteiger partial charge in [-0.05, 0) is 19.1 Å². The van der Waals surface area contributed by atoms with Gasteiger partial charge in [-0.2, -0.15) is 0 Å². The number of methoxy groups -OCH3 is 1. The smallest absolute Gasteiger partial charge is 0.321 e. The minimum Gasteiger partial charge on any atom is -0.497 e. The van der Waals surface area contributed by atoms with Crippen LogP contribution in [-0.2, 0) is 9.59 Å². The Morgan fingerprint density at radius 3 is 2.52 bits per heavy atom. The Bertz CT molecular complexity index is 562. The fourth-order valence-electron chi connectivity index (χ4n) is 1.89. The molecule has 0 aliphatic heterocycles. The van der Waals surface area contributed by atoms with Gasteiger partial charge in [0.25, 0.3) is 11.8 Å². The highest BCUT2D eigenvalue weighted by Gasteiger charge is 2.16. The fraction of sp³-hybridized carbons (Fsp3) is 0.400. The van der Waals surface area contributed by atoms with Crippen molar-refractivity contribution in [2.75, 3.05) is 39.1 Å². The highest BCUT2D eigenvalue weighted by atomic mass is 16.5. The minimum atomic E-state index is -0.536. The molecule has 1 unspecified atom stereocenters. The number of anilines is 1. The molecule has 0 aromatic heterocycles. The molecule has 4 amide bonds. The molecule has 1 aromatic rings. The van der Waals surface area contributed by atoms with E-state index in [1.165, 1.54) is 0 Å². The summed E-state index contributed by atoms with van der Waals surface area (Å²) in [5.41, 5.74) is 0.619. The van der Waals surface area contributed by atoms with Gasteiger partial charge < -0.3 is 20.3 Å². The first-order chi connectivity index (χ1) is 10.9. The molecule has 1 atom stereocenters. The monoisotopic (exact) mass is 323 g/mol. The quantitative estimate of drug-likeness (QED) is 0.517. The second kappa shape index (κ2) is 9.42. The molecule has 0 aliphatic carbocycles. The van der Waals surface area contributed by atoms with Crippen molar-refractivity contribution in [3.8, 4) is 5.75 Å². The lowest BCUT2D eigenvalue weighted by Gasteiger charge is -2.13. The van der Waals surface area contributed by atoms with E-state index in [2.05, 4.69) is 16.0 Å². The Morgan fingerprint density at radius 1 is 1.17 bits per heavy atom. The van der Waals surface area contributed by atoms with E-state index in [1.807, 2.05) is 0 Å². The second-order valence-electron chi connectivity index (χ2n) is 5.00. The zero-order valence-corrected chi connectivity index (χ0v) is 13.6. The van der Waals surface area contributed by atoms with Gasteiger partial charge in [-0.15, -0.1) is 0 Å². The number of nitrogens with one attached hydrogen (secondary N) is 4. The molecule has 8 heteroatoms. The SMILES string of the molecule is CCNC(=O)NC(=O)C[NH+](C)CC(=O)Nc1cccc(OC)c1. The molecular weight excluding hydrogens is 300 g/mol. The van der Waals surface area contributed by atoms with Crippen molar-refractivity contribution in [3.63, 3.8) is 0 Å². The third kappa shape index (κ3) is 7.28. The fourth-order valence-corrected chi connectivity index (χ4v) is 1.89. The Kier molecular flexibility index (Phi) is 7.55. The van der Waals surface area contributed by atoms with Gasteiger partial charge in [-0.25, -0.2) is 4.79 Å². The van der Waals surface area contributed by atoms with E-state index in [1.54, 1.807) is 45.3 Å². The molecule has 0 saturated heterocycles. The maximum absolute atomic E-state index is 11.9. The number of ether oxygens (including phenoxy) is 1. The van der Waals surface area contributed by atoms with Gasteiger partial charge in [-0.1, -0.05) is 6.07 Å². The normalized spacial score (nSPS) is 11.3. The molecule has 0 aliphatic rings. The molecule has 1 rings (SSSR count). The van der Waals surface area contributed by atoms with Gasteiger partial charge in [0.2, 0.25) is 0 Å². The van der Waals surface area contributed by atoms with Crippen LogP contribution >= 0.6 is 0 Å². The summed E-state index contributed by atoms with van der Waals surface area (Å²) >= 11 is 0. The lowest BCUT2D eigenvalue weighted by atomic mass is 10.3. The van der Waals surface area contributed by atoms with Crippen LogP contribution in [0.1, 0.15) is 6.92 Å². The predicted molar refractivity (Wildman–Crippen MR) is 85.5 cm³/mol. The maximum atomic E-state index is 11.9. The predicted octanol–water partition coefficient (Wildman–Crippen LogP) is -1.01. The Hall–Kier alpha value is -2.61. The van der Waals surface area contributed by atoms with Crippen LogP contribution in [0.2, 0.25) is 0 Å². The van der Waals surface area contributed by atoms with E-state index in [0.717, 1.165) is 0 Å². The van der Waals surface area contributed by atoms with Crippen molar-refractivity contribution in [1.29, 1.82) is 0 Å². The number of carbonyl (C=O) groups is 3. The number of imide groups is 1. The van der Waals surface area contributed by atoms with Crippen LogP contribution in [0.5, 0.6) is 5.75 Å². The second-order valence-corrected chi connectivity index (χ2v) is 5.00. The zero-order valence-electron chi connectivity index (χ0n) is 13.6. The summed E-state index contributed by atoms with van der Waals surface area (Å²) in [6.45, 7) is 2.30. The van der Waals surface area contributed by atoms with Crippen LogP contribution in [0, 0.1) is 0 Å². The number of amides is 4. The van der Waals surface area contributed by atoms with Crippen LogP contribution in [0.15, 0.2) is 24.3 Å². The minimum absolute atomic E-state index is 0.0165. The summed E-state index contributed by atoms with van der Waals surface area (Å²) in [6.07, 6.45) is 0. The number of benzene rings is 1. The Labute approximate surface area is 135 Å². The van der Waals surface area contributed by atoms with Crippen LogP contribution in [0.4, 0.5) is 10.5 Å². The zero-order chi connectivity index (χ0) is 17.2. The first-order valence-corrected chi connectivity index (χ1v) is 7.27.